The number of anilines is 1. The Morgan fingerprint density at radius 1 is 1.50 bits per heavy atom. The van der Waals surface area contributed by atoms with Crippen LogP contribution in [-0.4, -0.2) is 4.98 Å². The molecular weight excluding hydrogens is 212 g/mol. The second-order valence-electron chi connectivity index (χ2n) is 2.17. The Morgan fingerprint density at radius 2 is 2.33 bits per heavy atom. The van der Waals surface area contributed by atoms with Crippen LogP contribution in [0.15, 0.2) is 17.6 Å². The van der Waals surface area contributed by atoms with Crippen molar-refractivity contribution in [2.24, 2.45) is 0 Å². The average Bonchev–Trinajstić information content (AvgIpc) is 2.58. The molecule has 0 unspecified atom stereocenters. The second kappa shape index (κ2) is 3.05. The van der Waals surface area contributed by atoms with Gasteiger partial charge in [0.25, 0.3) is 0 Å². The highest BCUT2D eigenvalue weighted by molar-refractivity contribution is 7.20. The third kappa shape index (κ3) is 1.33. The van der Waals surface area contributed by atoms with E-state index >= 15 is 0 Å². The number of hydrogen-bond donors (Lipinski definition) is 1. The minimum atomic E-state index is 0.576. The summed E-state index contributed by atoms with van der Waals surface area (Å²) in [7, 11) is 0. The molecule has 2 N–H and O–H groups in total. The standard InChI is InChI=1S/C7H5ClN2S2/c8-6-4(1-2-11-6)5-3-10-7(9)12-5/h1-3H,(H2,9,10). The predicted molar refractivity (Wildman–Crippen MR) is 54.8 cm³/mol. The summed E-state index contributed by atoms with van der Waals surface area (Å²) in [6.07, 6.45) is 1.74. The van der Waals surface area contributed by atoms with E-state index in [1.807, 2.05) is 11.4 Å². The summed E-state index contributed by atoms with van der Waals surface area (Å²) in [6.45, 7) is 0. The van der Waals surface area contributed by atoms with Crippen LogP contribution in [0.3, 0.4) is 0 Å². The monoisotopic (exact) mass is 216 g/mol. The molecule has 0 spiro atoms. The van der Waals surface area contributed by atoms with Crippen LogP contribution < -0.4 is 5.73 Å². The molecule has 0 atom stereocenters. The van der Waals surface area contributed by atoms with Crippen LogP contribution in [-0.2, 0) is 0 Å². The van der Waals surface area contributed by atoms with Gasteiger partial charge in [0.05, 0.1) is 4.88 Å². The minimum absolute atomic E-state index is 0.576. The Morgan fingerprint density at radius 3 is 2.83 bits per heavy atom. The highest BCUT2D eigenvalue weighted by atomic mass is 35.5. The van der Waals surface area contributed by atoms with Gasteiger partial charge >= 0.3 is 0 Å². The van der Waals surface area contributed by atoms with E-state index in [-0.39, 0.29) is 0 Å². The topological polar surface area (TPSA) is 38.9 Å². The molecule has 0 aliphatic heterocycles. The van der Waals surface area contributed by atoms with Crippen molar-refractivity contribution in [2.75, 3.05) is 5.73 Å². The van der Waals surface area contributed by atoms with E-state index in [4.69, 9.17) is 17.3 Å². The maximum absolute atomic E-state index is 5.94. The molecule has 0 saturated heterocycles. The number of hydrogen-bond acceptors (Lipinski definition) is 4. The Balaban J connectivity index is 2.50. The van der Waals surface area contributed by atoms with Crippen molar-refractivity contribution in [1.29, 1.82) is 0 Å². The second-order valence-corrected chi connectivity index (χ2v) is 4.75. The summed E-state index contributed by atoms with van der Waals surface area (Å²) >= 11 is 8.90. The van der Waals surface area contributed by atoms with Crippen molar-refractivity contribution < 1.29 is 0 Å². The number of nitrogens with zero attached hydrogens (tertiary/aromatic N) is 1. The smallest absolute Gasteiger partial charge is 0.180 e. The lowest BCUT2D eigenvalue weighted by molar-refractivity contribution is 1.43. The number of nitrogens with two attached hydrogens (primary N) is 1. The number of aromatic nitrogens is 1. The number of halogens is 1. The largest absolute Gasteiger partial charge is 0.375 e. The first-order valence-electron chi connectivity index (χ1n) is 3.22. The van der Waals surface area contributed by atoms with E-state index in [0.717, 1.165) is 14.8 Å². The van der Waals surface area contributed by atoms with Crippen LogP contribution in [0.1, 0.15) is 0 Å². The van der Waals surface area contributed by atoms with Crippen molar-refractivity contribution in [1.82, 2.24) is 4.98 Å². The van der Waals surface area contributed by atoms with Crippen molar-refractivity contribution in [2.45, 2.75) is 0 Å². The molecule has 5 heteroatoms. The SMILES string of the molecule is Nc1ncc(-c2ccsc2Cl)s1. The maximum atomic E-state index is 5.94. The maximum Gasteiger partial charge on any atom is 0.180 e. The molecule has 2 nitrogen and oxygen atoms in total. The first-order chi connectivity index (χ1) is 5.77. The van der Waals surface area contributed by atoms with Crippen molar-refractivity contribution in [3.63, 3.8) is 0 Å². The van der Waals surface area contributed by atoms with E-state index in [1.54, 1.807) is 6.20 Å². The zero-order chi connectivity index (χ0) is 8.55. The lowest BCUT2D eigenvalue weighted by Gasteiger charge is -1.89. The first-order valence-corrected chi connectivity index (χ1v) is 5.29. The van der Waals surface area contributed by atoms with Gasteiger partial charge in [0, 0.05) is 11.8 Å². The van der Waals surface area contributed by atoms with Gasteiger partial charge in [-0.2, -0.15) is 0 Å². The van der Waals surface area contributed by atoms with Crippen LogP contribution in [0.5, 0.6) is 0 Å². The lowest BCUT2D eigenvalue weighted by Crippen LogP contribution is -1.77. The third-order valence-corrected chi connectivity index (χ3v) is 3.44. The zero-order valence-electron chi connectivity index (χ0n) is 5.95. The number of nitrogen functional groups attached to an aromatic ring is 1. The molecule has 2 heterocycles. The summed E-state index contributed by atoms with van der Waals surface area (Å²) in [4.78, 5) is 4.98. The van der Waals surface area contributed by atoms with Gasteiger partial charge in [-0.1, -0.05) is 22.9 Å². The molecule has 0 aliphatic rings. The molecule has 0 bridgehead atoms. The van der Waals surface area contributed by atoms with Gasteiger partial charge in [-0.15, -0.1) is 11.3 Å². The fourth-order valence-corrected chi connectivity index (χ4v) is 2.67. The van der Waals surface area contributed by atoms with Crippen LogP contribution in [0, 0.1) is 0 Å². The molecule has 2 rings (SSSR count). The van der Waals surface area contributed by atoms with E-state index in [9.17, 15) is 0 Å². The molecule has 0 saturated carbocycles. The summed E-state index contributed by atoms with van der Waals surface area (Å²) < 4.78 is 0.790. The number of thiophene rings is 1. The van der Waals surface area contributed by atoms with Gasteiger partial charge in [-0.3, -0.25) is 0 Å². The van der Waals surface area contributed by atoms with E-state index in [2.05, 4.69) is 4.98 Å². The Labute approximate surface area is 82.6 Å². The van der Waals surface area contributed by atoms with Gasteiger partial charge in [0.1, 0.15) is 4.34 Å². The molecule has 0 radical (unpaired) electrons. The average molecular weight is 217 g/mol. The van der Waals surface area contributed by atoms with Crippen LogP contribution in [0.4, 0.5) is 5.13 Å². The van der Waals surface area contributed by atoms with Gasteiger partial charge in [-0.05, 0) is 11.4 Å². The molecule has 12 heavy (non-hydrogen) atoms. The van der Waals surface area contributed by atoms with Gasteiger partial charge in [0.2, 0.25) is 0 Å². The summed E-state index contributed by atoms with van der Waals surface area (Å²) in [5.41, 5.74) is 6.53. The molecule has 2 aromatic rings. The lowest BCUT2D eigenvalue weighted by atomic mass is 10.3. The summed E-state index contributed by atoms with van der Waals surface area (Å²) in [5.74, 6) is 0. The molecule has 62 valence electrons. The summed E-state index contributed by atoms with van der Waals surface area (Å²) in [6, 6.07) is 1.97. The third-order valence-electron chi connectivity index (χ3n) is 1.41. The first kappa shape index (κ1) is 8.04. The quantitative estimate of drug-likeness (QED) is 0.796. The molecule has 0 aromatic carbocycles. The van der Waals surface area contributed by atoms with E-state index < -0.39 is 0 Å². The fourth-order valence-electron chi connectivity index (χ4n) is 0.882. The van der Waals surface area contributed by atoms with Crippen LogP contribution >= 0.6 is 34.3 Å². The van der Waals surface area contributed by atoms with Gasteiger partial charge in [0.15, 0.2) is 5.13 Å². The molecule has 0 aliphatic carbocycles. The number of rotatable bonds is 1. The molecule has 0 amide bonds. The van der Waals surface area contributed by atoms with E-state index in [1.165, 1.54) is 22.7 Å². The van der Waals surface area contributed by atoms with Crippen LogP contribution in [0.25, 0.3) is 10.4 Å². The highest BCUT2D eigenvalue weighted by Gasteiger charge is 2.06. The molecular formula is C7H5ClN2S2. The van der Waals surface area contributed by atoms with Crippen LogP contribution in [0.2, 0.25) is 4.34 Å². The fraction of sp³-hybridized carbons (Fsp3) is 0. The molecule has 0 fully saturated rings. The van der Waals surface area contributed by atoms with Crippen molar-refractivity contribution in [3.8, 4) is 10.4 Å². The Kier molecular flexibility index (Phi) is 2.04. The van der Waals surface area contributed by atoms with Crippen molar-refractivity contribution in [3.05, 3.63) is 22.0 Å². The van der Waals surface area contributed by atoms with Gasteiger partial charge < -0.3 is 5.73 Å². The van der Waals surface area contributed by atoms with E-state index in [0.29, 0.717) is 5.13 Å². The predicted octanol–water partition coefficient (Wildman–Crippen LogP) is 3.11. The normalized spacial score (nSPS) is 10.4. The Hall–Kier alpha value is -0.580. The highest BCUT2D eigenvalue weighted by Crippen LogP contribution is 2.36. The molecule has 2 aromatic heterocycles. The minimum Gasteiger partial charge on any atom is -0.375 e. The number of thiazole rings is 1. The summed E-state index contributed by atoms with van der Waals surface area (Å²) in [5, 5.41) is 2.53. The van der Waals surface area contributed by atoms with Crippen molar-refractivity contribution >= 4 is 39.4 Å². The Bertz CT molecular complexity index is 394. The van der Waals surface area contributed by atoms with Gasteiger partial charge in [-0.25, -0.2) is 4.98 Å². The zero-order valence-corrected chi connectivity index (χ0v) is 8.34.